The third-order valence-corrected chi connectivity index (χ3v) is 4.80. The topological polar surface area (TPSA) is 79.3 Å². The molecule has 2 aromatic rings. The van der Waals surface area contributed by atoms with E-state index in [-0.39, 0.29) is 25.0 Å². The van der Waals surface area contributed by atoms with Crippen LogP contribution in [0.4, 0.5) is 5.69 Å². The van der Waals surface area contributed by atoms with Gasteiger partial charge in [-0.2, -0.15) is 0 Å². The lowest BCUT2D eigenvalue weighted by molar-refractivity contribution is -0.120. The van der Waals surface area contributed by atoms with Crippen LogP contribution in [0.5, 0.6) is 11.5 Å². The van der Waals surface area contributed by atoms with E-state index in [1.165, 1.54) is 0 Å². The van der Waals surface area contributed by atoms with E-state index >= 15 is 0 Å². The van der Waals surface area contributed by atoms with Crippen molar-refractivity contribution >= 4 is 23.1 Å². The Hall–Kier alpha value is -3.32. The van der Waals surface area contributed by atoms with Crippen molar-refractivity contribution in [1.82, 2.24) is 4.90 Å². The Morgan fingerprint density at radius 3 is 2.13 bits per heavy atom. The van der Waals surface area contributed by atoms with Crippen LogP contribution in [0.15, 0.2) is 54.2 Å². The van der Waals surface area contributed by atoms with Gasteiger partial charge in [0, 0.05) is 13.6 Å². The van der Waals surface area contributed by atoms with Crippen molar-refractivity contribution in [3.05, 3.63) is 59.8 Å². The Morgan fingerprint density at radius 1 is 0.968 bits per heavy atom. The molecule has 0 atom stereocenters. The molecule has 0 spiro atoms. The standard InChI is InChI=1S/C24H28N2O5/c1-5-30-19-10-6-17(7-11-19)21-22(25(4)14-15-27)24(29)26(23(21)28)18-8-12-20(13-9-18)31-16(2)3/h6-13,16,27H,5,14-15H2,1-4H3. The van der Waals surface area contributed by atoms with Gasteiger partial charge in [0.15, 0.2) is 0 Å². The van der Waals surface area contributed by atoms with Gasteiger partial charge < -0.3 is 19.5 Å². The molecular formula is C24H28N2O5. The highest BCUT2D eigenvalue weighted by Gasteiger charge is 2.41. The van der Waals surface area contributed by atoms with Crippen LogP contribution in [0, 0.1) is 0 Å². The van der Waals surface area contributed by atoms with E-state index in [1.54, 1.807) is 60.5 Å². The molecule has 0 radical (unpaired) electrons. The van der Waals surface area contributed by atoms with E-state index in [4.69, 9.17) is 9.47 Å². The largest absolute Gasteiger partial charge is 0.494 e. The van der Waals surface area contributed by atoms with E-state index in [0.29, 0.717) is 34.9 Å². The molecule has 1 heterocycles. The lowest BCUT2D eigenvalue weighted by atomic mass is 10.0. The third-order valence-electron chi connectivity index (χ3n) is 4.80. The fraction of sp³-hybridized carbons (Fsp3) is 0.333. The Labute approximate surface area is 182 Å². The van der Waals surface area contributed by atoms with E-state index in [0.717, 1.165) is 4.90 Å². The van der Waals surface area contributed by atoms with Crippen LogP contribution in [-0.4, -0.2) is 54.7 Å². The first kappa shape index (κ1) is 22.4. The molecule has 31 heavy (non-hydrogen) atoms. The number of anilines is 1. The van der Waals surface area contributed by atoms with Gasteiger partial charge in [-0.25, -0.2) is 4.90 Å². The molecule has 164 valence electrons. The van der Waals surface area contributed by atoms with Crippen LogP contribution in [0.1, 0.15) is 26.3 Å². The Bertz CT molecular complexity index is 964. The molecule has 0 saturated carbocycles. The number of ether oxygens (including phenoxy) is 2. The lowest BCUT2D eigenvalue weighted by Crippen LogP contribution is -2.34. The number of aliphatic hydroxyl groups is 1. The van der Waals surface area contributed by atoms with E-state index < -0.39 is 11.8 Å². The average molecular weight is 424 g/mol. The van der Waals surface area contributed by atoms with Gasteiger partial charge in [0.25, 0.3) is 11.8 Å². The fourth-order valence-corrected chi connectivity index (χ4v) is 3.46. The number of amides is 2. The first-order valence-corrected chi connectivity index (χ1v) is 10.3. The van der Waals surface area contributed by atoms with Gasteiger partial charge in [0.2, 0.25) is 0 Å². The highest BCUT2D eigenvalue weighted by molar-refractivity contribution is 6.45. The van der Waals surface area contributed by atoms with Gasteiger partial charge in [-0.3, -0.25) is 9.59 Å². The van der Waals surface area contributed by atoms with Crippen LogP contribution < -0.4 is 14.4 Å². The van der Waals surface area contributed by atoms with Crippen molar-refractivity contribution in [2.24, 2.45) is 0 Å². The summed E-state index contributed by atoms with van der Waals surface area (Å²) >= 11 is 0. The molecule has 7 nitrogen and oxygen atoms in total. The first-order valence-electron chi connectivity index (χ1n) is 10.3. The Morgan fingerprint density at radius 2 is 1.58 bits per heavy atom. The molecule has 1 N–H and O–H groups in total. The van der Waals surface area contributed by atoms with Crippen molar-refractivity contribution in [2.45, 2.75) is 26.9 Å². The summed E-state index contributed by atoms with van der Waals surface area (Å²) in [5, 5.41) is 9.38. The number of nitrogens with zero attached hydrogens (tertiary/aromatic N) is 2. The van der Waals surface area contributed by atoms with Crippen LogP contribution in [0.3, 0.4) is 0 Å². The zero-order chi connectivity index (χ0) is 22.5. The van der Waals surface area contributed by atoms with Gasteiger partial charge >= 0.3 is 0 Å². The summed E-state index contributed by atoms with van der Waals surface area (Å²) in [5.74, 6) is 0.510. The maximum Gasteiger partial charge on any atom is 0.282 e. The van der Waals surface area contributed by atoms with Crippen molar-refractivity contribution in [3.8, 4) is 11.5 Å². The summed E-state index contributed by atoms with van der Waals surface area (Å²) < 4.78 is 11.1. The normalized spacial score (nSPS) is 13.9. The molecule has 0 bridgehead atoms. The minimum atomic E-state index is -0.428. The smallest absolute Gasteiger partial charge is 0.282 e. The molecule has 0 unspecified atom stereocenters. The molecule has 7 heteroatoms. The molecule has 0 saturated heterocycles. The van der Waals surface area contributed by atoms with Crippen LogP contribution >= 0.6 is 0 Å². The SMILES string of the molecule is CCOc1ccc(C2=C(N(C)CCO)C(=O)N(c3ccc(OC(C)C)cc3)C2=O)cc1. The monoisotopic (exact) mass is 424 g/mol. The molecule has 3 rings (SSSR count). The number of aliphatic hydroxyl groups excluding tert-OH is 1. The number of carbonyl (C=O) groups is 2. The van der Waals surface area contributed by atoms with Gasteiger partial charge in [-0.1, -0.05) is 12.1 Å². The number of hydrogen-bond donors (Lipinski definition) is 1. The summed E-state index contributed by atoms with van der Waals surface area (Å²) in [6.45, 7) is 6.37. The summed E-state index contributed by atoms with van der Waals surface area (Å²) in [6.07, 6.45) is 0.0209. The molecule has 1 aliphatic heterocycles. The summed E-state index contributed by atoms with van der Waals surface area (Å²) in [5.41, 5.74) is 1.63. The number of likely N-dealkylation sites (N-methyl/N-ethyl adjacent to an activating group) is 1. The molecule has 2 aromatic carbocycles. The minimum absolute atomic E-state index is 0.0209. The van der Waals surface area contributed by atoms with Crippen LogP contribution in [0.2, 0.25) is 0 Å². The number of rotatable bonds is 9. The summed E-state index contributed by atoms with van der Waals surface area (Å²) in [4.78, 5) is 29.5. The van der Waals surface area contributed by atoms with Gasteiger partial charge in [0.1, 0.15) is 17.2 Å². The fourth-order valence-electron chi connectivity index (χ4n) is 3.46. The quantitative estimate of drug-likeness (QED) is 0.624. The molecule has 1 aliphatic rings. The van der Waals surface area contributed by atoms with E-state index in [9.17, 15) is 14.7 Å². The minimum Gasteiger partial charge on any atom is -0.494 e. The molecule has 2 amide bonds. The van der Waals surface area contributed by atoms with Crippen molar-refractivity contribution in [3.63, 3.8) is 0 Å². The van der Waals surface area contributed by atoms with Crippen molar-refractivity contribution < 1.29 is 24.2 Å². The Balaban J connectivity index is 1.99. The first-order chi connectivity index (χ1) is 14.9. The lowest BCUT2D eigenvalue weighted by Gasteiger charge is -2.20. The summed E-state index contributed by atoms with van der Waals surface area (Å²) in [7, 11) is 1.69. The van der Waals surface area contributed by atoms with Crippen molar-refractivity contribution in [1.29, 1.82) is 0 Å². The molecule has 0 aliphatic carbocycles. The van der Waals surface area contributed by atoms with Gasteiger partial charge in [0.05, 0.1) is 30.6 Å². The Kier molecular flexibility index (Phi) is 6.97. The number of hydrogen-bond acceptors (Lipinski definition) is 6. The van der Waals surface area contributed by atoms with E-state index in [1.807, 2.05) is 20.8 Å². The van der Waals surface area contributed by atoms with E-state index in [2.05, 4.69) is 0 Å². The van der Waals surface area contributed by atoms with Crippen LogP contribution in [-0.2, 0) is 9.59 Å². The van der Waals surface area contributed by atoms with Crippen LogP contribution in [0.25, 0.3) is 5.57 Å². The number of imide groups is 1. The second-order valence-corrected chi connectivity index (χ2v) is 7.43. The maximum atomic E-state index is 13.4. The highest BCUT2D eigenvalue weighted by Crippen LogP contribution is 2.35. The van der Waals surface area contributed by atoms with Gasteiger partial charge in [-0.15, -0.1) is 0 Å². The number of carbonyl (C=O) groups excluding carboxylic acids is 2. The number of benzene rings is 2. The van der Waals surface area contributed by atoms with Gasteiger partial charge in [-0.05, 0) is 62.7 Å². The zero-order valence-corrected chi connectivity index (χ0v) is 18.3. The molecule has 0 fully saturated rings. The average Bonchev–Trinajstić information content (AvgIpc) is 2.99. The second kappa shape index (κ2) is 9.66. The predicted molar refractivity (Wildman–Crippen MR) is 119 cm³/mol. The highest BCUT2D eigenvalue weighted by atomic mass is 16.5. The molecular weight excluding hydrogens is 396 g/mol. The maximum absolute atomic E-state index is 13.4. The zero-order valence-electron chi connectivity index (χ0n) is 18.3. The third kappa shape index (κ3) is 4.72. The summed E-state index contributed by atoms with van der Waals surface area (Å²) in [6, 6.07) is 13.9. The van der Waals surface area contributed by atoms with Crippen molar-refractivity contribution in [2.75, 3.05) is 31.7 Å². The predicted octanol–water partition coefficient (Wildman–Crippen LogP) is 3.08. The molecule has 0 aromatic heterocycles. The second-order valence-electron chi connectivity index (χ2n) is 7.43.